The number of benzene rings is 1. The first kappa shape index (κ1) is 10.7. The van der Waals surface area contributed by atoms with E-state index in [-0.39, 0.29) is 11.7 Å². The fourth-order valence-electron chi connectivity index (χ4n) is 1.50. The maximum absolute atomic E-state index is 12.7. The topological polar surface area (TPSA) is 41.1 Å². The summed E-state index contributed by atoms with van der Waals surface area (Å²) < 4.78 is 12.7. The first-order valence-electron chi connectivity index (χ1n) is 5.04. The van der Waals surface area contributed by atoms with Gasteiger partial charge in [-0.25, -0.2) is 4.39 Å². The third-order valence-corrected chi connectivity index (χ3v) is 2.73. The number of carbonyl (C=O) groups is 1. The summed E-state index contributed by atoms with van der Waals surface area (Å²) in [6.07, 6.45) is 1.83. The number of nitrogens with one attached hydrogen (secondary N) is 2. The molecule has 1 aromatic carbocycles. The molecule has 3 nitrogen and oxygen atoms in total. The second kappa shape index (κ2) is 3.63. The van der Waals surface area contributed by atoms with Crippen LogP contribution in [-0.2, 0) is 4.79 Å². The van der Waals surface area contributed by atoms with E-state index in [2.05, 4.69) is 10.9 Å². The van der Waals surface area contributed by atoms with Gasteiger partial charge in [-0.15, -0.1) is 0 Å². The van der Waals surface area contributed by atoms with Crippen molar-refractivity contribution in [1.82, 2.24) is 10.9 Å². The van der Waals surface area contributed by atoms with Crippen LogP contribution in [0.5, 0.6) is 0 Å². The van der Waals surface area contributed by atoms with Crippen LogP contribution in [0.25, 0.3) is 6.08 Å². The van der Waals surface area contributed by atoms with E-state index in [1.807, 2.05) is 19.9 Å². The molecule has 0 radical (unpaired) electrons. The minimum Gasteiger partial charge on any atom is -0.302 e. The lowest BCUT2D eigenvalue weighted by Gasteiger charge is -2.14. The van der Waals surface area contributed by atoms with Gasteiger partial charge in [-0.1, -0.05) is 12.1 Å². The average molecular weight is 220 g/mol. The Morgan fingerprint density at radius 1 is 1.19 bits per heavy atom. The Bertz CT molecular complexity index is 449. The molecule has 0 spiro atoms. The van der Waals surface area contributed by atoms with Crippen molar-refractivity contribution in [3.05, 3.63) is 41.3 Å². The largest absolute Gasteiger partial charge is 0.302 e. The van der Waals surface area contributed by atoms with Crippen molar-refractivity contribution in [2.45, 2.75) is 13.8 Å². The molecule has 0 aromatic heterocycles. The molecule has 1 heterocycles. The predicted molar refractivity (Wildman–Crippen MR) is 59.4 cm³/mol. The molecule has 1 fully saturated rings. The predicted octanol–water partition coefficient (Wildman–Crippen LogP) is 1.83. The van der Waals surface area contributed by atoms with Crippen LogP contribution < -0.4 is 10.9 Å². The Hall–Kier alpha value is -1.84. The third kappa shape index (κ3) is 1.78. The zero-order valence-electron chi connectivity index (χ0n) is 9.17. The molecule has 2 rings (SSSR count). The van der Waals surface area contributed by atoms with Crippen molar-refractivity contribution < 1.29 is 9.18 Å². The molecule has 16 heavy (non-hydrogen) atoms. The number of carbonyl (C=O) groups excluding carboxylic acids is 1. The summed E-state index contributed by atoms with van der Waals surface area (Å²) in [4.78, 5) is 11.5. The van der Waals surface area contributed by atoms with Crippen LogP contribution in [0.2, 0.25) is 0 Å². The minimum absolute atomic E-state index is 0.0686. The first-order chi connectivity index (χ1) is 7.50. The maximum Gasteiger partial charge on any atom is 0.249 e. The molecule has 0 saturated carbocycles. The number of hydrogen-bond acceptors (Lipinski definition) is 2. The molecule has 84 valence electrons. The zero-order chi connectivity index (χ0) is 11.8. The Morgan fingerprint density at radius 3 is 2.31 bits per heavy atom. The van der Waals surface area contributed by atoms with Crippen LogP contribution in [0.3, 0.4) is 0 Å². The smallest absolute Gasteiger partial charge is 0.249 e. The molecule has 0 bridgehead atoms. The van der Waals surface area contributed by atoms with Gasteiger partial charge in [0.05, 0.1) is 5.41 Å². The lowest BCUT2D eigenvalue weighted by Crippen LogP contribution is -2.28. The van der Waals surface area contributed by atoms with Gasteiger partial charge in [-0.3, -0.25) is 10.2 Å². The van der Waals surface area contributed by atoms with Crippen molar-refractivity contribution in [2.75, 3.05) is 0 Å². The molecular formula is C12H13FN2O. The fourth-order valence-corrected chi connectivity index (χ4v) is 1.50. The maximum atomic E-state index is 12.7. The zero-order valence-corrected chi connectivity index (χ0v) is 9.17. The summed E-state index contributed by atoms with van der Waals surface area (Å²) >= 11 is 0. The van der Waals surface area contributed by atoms with Gasteiger partial charge in [0.1, 0.15) is 5.82 Å². The summed E-state index contributed by atoms with van der Waals surface area (Å²) in [7, 11) is 0. The second-order valence-electron chi connectivity index (χ2n) is 4.31. The first-order valence-corrected chi connectivity index (χ1v) is 5.04. The molecule has 1 saturated heterocycles. The molecule has 4 heteroatoms. The van der Waals surface area contributed by atoms with E-state index in [4.69, 9.17) is 0 Å². The lowest BCUT2D eigenvalue weighted by molar-refractivity contribution is -0.125. The van der Waals surface area contributed by atoms with Gasteiger partial charge in [-0.05, 0) is 37.6 Å². The van der Waals surface area contributed by atoms with E-state index >= 15 is 0 Å². The van der Waals surface area contributed by atoms with Gasteiger partial charge in [-0.2, -0.15) is 0 Å². The molecule has 1 aliphatic heterocycles. The lowest BCUT2D eigenvalue weighted by atomic mass is 9.89. The Morgan fingerprint density at radius 2 is 1.81 bits per heavy atom. The van der Waals surface area contributed by atoms with Gasteiger partial charge in [0.25, 0.3) is 0 Å². The van der Waals surface area contributed by atoms with Gasteiger partial charge in [0.2, 0.25) is 5.91 Å². The normalized spacial score (nSPS) is 20.7. The van der Waals surface area contributed by atoms with Crippen LogP contribution in [0.1, 0.15) is 19.4 Å². The highest BCUT2D eigenvalue weighted by Gasteiger charge is 2.37. The summed E-state index contributed by atoms with van der Waals surface area (Å²) in [5, 5.41) is 0. The standard InChI is InChI=1S/C12H13FN2O/c1-12(2)10(14-15-11(12)16)7-8-3-5-9(13)6-4-8/h3-7,14H,1-2H3,(H,15,16)/b10-7-. The van der Waals surface area contributed by atoms with Crippen LogP contribution >= 0.6 is 0 Å². The number of hydrogen-bond donors (Lipinski definition) is 2. The molecule has 0 atom stereocenters. The van der Waals surface area contributed by atoms with Crippen molar-refractivity contribution in [3.63, 3.8) is 0 Å². The second-order valence-corrected chi connectivity index (χ2v) is 4.31. The Labute approximate surface area is 93.3 Å². The SMILES string of the molecule is CC1(C)C(=O)NN/C1=C\c1ccc(F)cc1. The summed E-state index contributed by atoms with van der Waals surface area (Å²) in [6, 6.07) is 6.12. The van der Waals surface area contributed by atoms with E-state index in [0.717, 1.165) is 11.3 Å². The minimum atomic E-state index is -0.575. The molecule has 1 aromatic rings. The molecular weight excluding hydrogens is 207 g/mol. The highest BCUT2D eigenvalue weighted by atomic mass is 19.1. The molecule has 0 aliphatic carbocycles. The van der Waals surface area contributed by atoms with Gasteiger partial charge in [0.15, 0.2) is 0 Å². The average Bonchev–Trinajstić information content (AvgIpc) is 2.48. The van der Waals surface area contributed by atoms with E-state index in [0.29, 0.717) is 0 Å². The highest BCUT2D eigenvalue weighted by molar-refractivity contribution is 5.89. The van der Waals surface area contributed by atoms with Gasteiger partial charge in [0, 0.05) is 5.70 Å². The Kier molecular flexibility index (Phi) is 2.42. The van der Waals surface area contributed by atoms with Crippen LogP contribution in [0.15, 0.2) is 30.0 Å². The molecule has 1 amide bonds. The fraction of sp³-hybridized carbons (Fsp3) is 0.250. The molecule has 0 unspecified atom stereocenters. The van der Waals surface area contributed by atoms with Crippen LogP contribution in [-0.4, -0.2) is 5.91 Å². The van der Waals surface area contributed by atoms with Gasteiger partial charge >= 0.3 is 0 Å². The van der Waals surface area contributed by atoms with Crippen LogP contribution in [0, 0.1) is 11.2 Å². The summed E-state index contributed by atoms with van der Waals surface area (Å²) in [5.41, 5.74) is 6.45. The van der Waals surface area contributed by atoms with Crippen molar-refractivity contribution >= 4 is 12.0 Å². The van der Waals surface area contributed by atoms with Crippen molar-refractivity contribution in [2.24, 2.45) is 5.41 Å². The van der Waals surface area contributed by atoms with E-state index in [9.17, 15) is 9.18 Å². The summed E-state index contributed by atoms with van der Waals surface area (Å²) in [5.74, 6) is -0.337. The molecule has 2 N–H and O–H groups in total. The van der Waals surface area contributed by atoms with E-state index in [1.54, 1.807) is 12.1 Å². The number of halogens is 1. The quantitative estimate of drug-likeness (QED) is 0.758. The van der Waals surface area contributed by atoms with E-state index < -0.39 is 5.41 Å². The molecule has 1 aliphatic rings. The summed E-state index contributed by atoms with van der Waals surface area (Å²) in [6.45, 7) is 3.66. The Balaban J connectivity index is 2.32. The van der Waals surface area contributed by atoms with Crippen molar-refractivity contribution in [3.8, 4) is 0 Å². The highest BCUT2D eigenvalue weighted by Crippen LogP contribution is 2.29. The monoisotopic (exact) mass is 220 g/mol. The van der Waals surface area contributed by atoms with E-state index in [1.165, 1.54) is 12.1 Å². The number of amides is 1. The van der Waals surface area contributed by atoms with Crippen LogP contribution in [0.4, 0.5) is 4.39 Å². The number of rotatable bonds is 1. The van der Waals surface area contributed by atoms with Gasteiger partial charge < -0.3 is 5.43 Å². The third-order valence-electron chi connectivity index (χ3n) is 2.73. The number of hydrazine groups is 1. The van der Waals surface area contributed by atoms with Crippen molar-refractivity contribution in [1.29, 1.82) is 0 Å².